The number of sulfonamides is 1. The monoisotopic (exact) mass is 368 g/mol. The van der Waals surface area contributed by atoms with Crippen LogP contribution in [0.25, 0.3) is 0 Å². The van der Waals surface area contributed by atoms with Gasteiger partial charge in [0, 0.05) is 11.8 Å². The number of hydrogen-bond donors (Lipinski definition) is 1. The van der Waals surface area contributed by atoms with E-state index in [2.05, 4.69) is 5.32 Å². The molecule has 2 aromatic rings. The molecule has 0 atom stereocenters. The summed E-state index contributed by atoms with van der Waals surface area (Å²) in [6, 6.07) is 8.12. The number of carbonyl (C=O) groups excluding carboxylic acids is 1. The van der Waals surface area contributed by atoms with Crippen LogP contribution < -0.4 is 9.62 Å². The molecule has 0 fully saturated rings. The summed E-state index contributed by atoms with van der Waals surface area (Å²) in [6.45, 7) is 3.11. The molecule has 5 nitrogen and oxygen atoms in total. The lowest BCUT2D eigenvalue weighted by molar-refractivity contribution is -0.114. The second kappa shape index (κ2) is 7.18. The van der Waals surface area contributed by atoms with Gasteiger partial charge in [-0.05, 0) is 43.2 Å². The van der Waals surface area contributed by atoms with Crippen LogP contribution in [0, 0.1) is 25.5 Å². The Morgan fingerprint density at radius 1 is 1.08 bits per heavy atom. The molecule has 0 radical (unpaired) electrons. The van der Waals surface area contributed by atoms with Crippen LogP contribution >= 0.6 is 0 Å². The maximum atomic E-state index is 13.4. The zero-order valence-corrected chi connectivity index (χ0v) is 14.8. The fourth-order valence-electron chi connectivity index (χ4n) is 2.23. The minimum Gasteiger partial charge on any atom is -0.324 e. The molecule has 0 bridgehead atoms. The van der Waals surface area contributed by atoms with Crippen LogP contribution in [0.4, 0.5) is 20.2 Å². The first-order valence-electron chi connectivity index (χ1n) is 7.38. The van der Waals surface area contributed by atoms with Crippen LogP contribution in [0.2, 0.25) is 0 Å². The van der Waals surface area contributed by atoms with Crippen molar-refractivity contribution in [3.05, 3.63) is 59.2 Å². The van der Waals surface area contributed by atoms with Gasteiger partial charge in [0.25, 0.3) is 0 Å². The quantitative estimate of drug-likeness (QED) is 0.882. The molecule has 1 amide bonds. The maximum Gasteiger partial charge on any atom is 0.245 e. The van der Waals surface area contributed by atoms with E-state index in [-0.39, 0.29) is 5.69 Å². The lowest BCUT2D eigenvalue weighted by Crippen LogP contribution is -2.37. The van der Waals surface area contributed by atoms with E-state index in [1.54, 1.807) is 13.0 Å². The lowest BCUT2D eigenvalue weighted by atomic mass is 10.1. The molecule has 0 aliphatic rings. The topological polar surface area (TPSA) is 66.5 Å². The minimum atomic E-state index is -3.87. The van der Waals surface area contributed by atoms with Crippen LogP contribution in [0.3, 0.4) is 0 Å². The van der Waals surface area contributed by atoms with E-state index in [0.717, 1.165) is 39.9 Å². The normalized spacial score (nSPS) is 11.2. The fraction of sp³-hybridized carbons (Fsp3) is 0.235. The zero-order valence-electron chi connectivity index (χ0n) is 14.0. The Balaban J connectivity index is 2.27. The van der Waals surface area contributed by atoms with Gasteiger partial charge in [-0.2, -0.15) is 0 Å². The molecule has 25 heavy (non-hydrogen) atoms. The first-order chi connectivity index (χ1) is 11.6. The van der Waals surface area contributed by atoms with Crippen LogP contribution in [0.15, 0.2) is 36.4 Å². The number of anilines is 2. The molecule has 134 valence electrons. The second-order valence-corrected chi connectivity index (χ2v) is 7.64. The first kappa shape index (κ1) is 18.9. The van der Waals surface area contributed by atoms with E-state index in [0.29, 0.717) is 5.69 Å². The number of carbonyl (C=O) groups is 1. The third-order valence-electron chi connectivity index (χ3n) is 3.55. The summed E-state index contributed by atoms with van der Waals surface area (Å²) in [5.74, 6) is -2.89. The summed E-state index contributed by atoms with van der Waals surface area (Å²) >= 11 is 0. The molecule has 0 heterocycles. The van der Waals surface area contributed by atoms with Gasteiger partial charge in [0.15, 0.2) is 11.6 Å². The number of hydrogen-bond acceptors (Lipinski definition) is 3. The molecule has 2 rings (SSSR count). The summed E-state index contributed by atoms with van der Waals surface area (Å²) in [5, 5.41) is 2.64. The van der Waals surface area contributed by atoms with Gasteiger partial charge in [-0.25, -0.2) is 17.2 Å². The van der Waals surface area contributed by atoms with E-state index in [1.807, 2.05) is 19.1 Å². The van der Waals surface area contributed by atoms with Gasteiger partial charge in [-0.1, -0.05) is 12.1 Å². The van der Waals surface area contributed by atoms with E-state index >= 15 is 0 Å². The standard InChI is InChI=1S/C17H18F2N2O3S/c1-11-4-5-12(2)16(8-11)20-17(22)10-21(25(3,23)24)13-6-7-14(18)15(19)9-13/h4-9H,10H2,1-3H3,(H,20,22). The highest BCUT2D eigenvalue weighted by molar-refractivity contribution is 7.92. The molecule has 0 aliphatic heterocycles. The number of aryl methyl sites for hydroxylation is 2. The molecular formula is C17H18F2N2O3S. The lowest BCUT2D eigenvalue weighted by Gasteiger charge is -2.22. The van der Waals surface area contributed by atoms with Gasteiger partial charge >= 0.3 is 0 Å². The van der Waals surface area contributed by atoms with Crippen LogP contribution in [0.1, 0.15) is 11.1 Å². The number of benzene rings is 2. The fourth-order valence-corrected chi connectivity index (χ4v) is 3.08. The number of rotatable bonds is 5. The van der Waals surface area contributed by atoms with Crippen LogP contribution in [-0.2, 0) is 14.8 Å². The minimum absolute atomic E-state index is 0.127. The van der Waals surface area contributed by atoms with Gasteiger partial charge in [0.2, 0.25) is 15.9 Å². The van der Waals surface area contributed by atoms with Gasteiger partial charge in [0.05, 0.1) is 11.9 Å². The molecule has 2 aromatic carbocycles. The van der Waals surface area contributed by atoms with Crippen molar-refractivity contribution in [3.63, 3.8) is 0 Å². The molecule has 0 unspecified atom stereocenters. The van der Waals surface area contributed by atoms with E-state index in [9.17, 15) is 22.0 Å². The highest BCUT2D eigenvalue weighted by atomic mass is 32.2. The van der Waals surface area contributed by atoms with Crippen molar-refractivity contribution in [1.29, 1.82) is 0 Å². The Kier molecular flexibility index (Phi) is 5.42. The maximum absolute atomic E-state index is 13.4. The number of amides is 1. The van der Waals surface area contributed by atoms with Crippen molar-refractivity contribution in [2.75, 3.05) is 22.4 Å². The molecule has 0 saturated carbocycles. The molecule has 0 spiro atoms. The van der Waals surface area contributed by atoms with Gasteiger partial charge < -0.3 is 5.32 Å². The van der Waals surface area contributed by atoms with Crippen molar-refractivity contribution in [2.24, 2.45) is 0 Å². The van der Waals surface area contributed by atoms with E-state index in [4.69, 9.17) is 0 Å². The third kappa shape index (κ3) is 4.76. The van der Waals surface area contributed by atoms with Crippen molar-refractivity contribution < 1.29 is 22.0 Å². The number of nitrogens with zero attached hydrogens (tertiary/aromatic N) is 1. The Morgan fingerprint density at radius 2 is 1.76 bits per heavy atom. The summed E-state index contributed by atoms with van der Waals surface area (Å²) in [5.41, 5.74) is 2.18. The average molecular weight is 368 g/mol. The summed E-state index contributed by atoms with van der Waals surface area (Å²) < 4.78 is 51.1. The van der Waals surface area contributed by atoms with Crippen molar-refractivity contribution in [3.8, 4) is 0 Å². The SMILES string of the molecule is Cc1ccc(C)c(NC(=O)CN(c2ccc(F)c(F)c2)S(C)(=O)=O)c1. The van der Waals surface area contributed by atoms with Crippen molar-refractivity contribution >= 4 is 27.3 Å². The average Bonchev–Trinajstić information content (AvgIpc) is 2.50. The van der Waals surface area contributed by atoms with Crippen LogP contribution in [0.5, 0.6) is 0 Å². The smallest absolute Gasteiger partial charge is 0.245 e. The number of nitrogens with one attached hydrogen (secondary N) is 1. The van der Waals surface area contributed by atoms with Crippen molar-refractivity contribution in [2.45, 2.75) is 13.8 Å². The summed E-state index contributed by atoms with van der Waals surface area (Å²) in [6.07, 6.45) is 0.888. The predicted octanol–water partition coefficient (Wildman–Crippen LogP) is 2.99. The second-order valence-electron chi connectivity index (χ2n) is 5.73. The van der Waals surface area contributed by atoms with E-state index in [1.165, 1.54) is 0 Å². The molecule has 0 aromatic heterocycles. The molecule has 1 N–H and O–H groups in total. The Bertz CT molecular complexity index is 914. The highest BCUT2D eigenvalue weighted by Crippen LogP contribution is 2.21. The zero-order chi connectivity index (χ0) is 18.8. The molecule has 8 heteroatoms. The Morgan fingerprint density at radius 3 is 2.36 bits per heavy atom. The van der Waals surface area contributed by atoms with E-state index < -0.39 is 34.1 Å². The van der Waals surface area contributed by atoms with Gasteiger partial charge in [-0.15, -0.1) is 0 Å². The summed E-state index contributed by atoms with van der Waals surface area (Å²) in [7, 11) is -3.87. The van der Waals surface area contributed by atoms with Gasteiger partial charge in [0.1, 0.15) is 6.54 Å². The molecular weight excluding hydrogens is 350 g/mol. The first-order valence-corrected chi connectivity index (χ1v) is 9.22. The third-order valence-corrected chi connectivity index (χ3v) is 4.69. The largest absolute Gasteiger partial charge is 0.324 e. The molecule has 0 aliphatic carbocycles. The summed E-state index contributed by atoms with van der Waals surface area (Å²) in [4.78, 5) is 12.3. The Hall–Kier alpha value is -2.48. The van der Waals surface area contributed by atoms with Crippen LogP contribution in [-0.4, -0.2) is 27.1 Å². The molecule has 0 saturated heterocycles. The van der Waals surface area contributed by atoms with Crippen molar-refractivity contribution in [1.82, 2.24) is 0 Å². The Labute approximate surface area is 145 Å². The predicted molar refractivity (Wildman–Crippen MR) is 93.1 cm³/mol. The van der Waals surface area contributed by atoms with Gasteiger partial charge in [-0.3, -0.25) is 9.10 Å². The highest BCUT2D eigenvalue weighted by Gasteiger charge is 2.22. The number of halogens is 2.